The molecule has 1 aromatic carbocycles. The molecule has 0 aliphatic carbocycles. The van der Waals surface area contributed by atoms with Gasteiger partial charge in [0.1, 0.15) is 33.8 Å². The molecule has 2 aliphatic heterocycles. The lowest BCUT2D eigenvalue weighted by Gasteiger charge is -2.50. The molecule has 0 saturated carbocycles. The molecule has 2 aliphatic rings. The van der Waals surface area contributed by atoms with Crippen LogP contribution in [-0.4, -0.2) is 104 Å². The van der Waals surface area contributed by atoms with Gasteiger partial charge in [-0.3, -0.25) is 34.2 Å². The number of thioether (sulfide) groups is 1. The van der Waals surface area contributed by atoms with Crippen molar-refractivity contribution in [2.75, 3.05) is 11.5 Å². The maximum absolute atomic E-state index is 13.4. The van der Waals surface area contributed by atoms with E-state index < -0.39 is 103 Å². The maximum Gasteiger partial charge on any atom is 0.352 e. The molecule has 3 aromatic rings. The highest BCUT2D eigenvalue weighted by atomic mass is 32.2. The van der Waals surface area contributed by atoms with Crippen molar-refractivity contribution in [2.45, 2.75) is 50.3 Å². The highest BCUT2D eigenvalue weighted by Gasteiger charge is 2.55. The van der Waals surface area contributed by atoms with Gasteiger partial charge >= 0.3 is 17.6 Å². The van der Waals surface area contributed by atoms with Crippen molar-refractivity contribution >= 4 is 80.2 Å². The third-order valence-corrected chi connectivity index (χ3v) is 9.98. The molecule has 23 heteroatoms. The number of anilines is 1. The number of aromatic hydroxyl groups is 2. The Bertz CT molecular complexity index is 2190. The van der Waals surface area contributed by atoms with Crippen LogP contribution >= 0.6 is 23.1 Å². The van der Waals surface area contributed by atoms with Crippen molar-refractivity contribution < 1.29 is 54.2 Å². The van der Waals surface area contributed by atoms with E-state index in [9.17, 15) is 59.3 Å². The number of phenols is 2. The van der Waals surface area contributed by atoms with Crippen molar-refractivity contribution in [1.29, 1.82) is 0 Å². The number of amides is 3. The Morgan fingerprint density at radius 3 is 2.54 bits per heavy atom. The first-order valence-electron chi connectivity index (χ1n) is 14.9. The fourth-order valence-corrected chi connectivity index (χ4v) is 7.25. The van der Waals surface area contributed by atoms with Gasteiger partial charge in [-0.15, -0.1) is 23.1 Å². The number of benzene rings is 1. The van der Waals surface area contributed by atoms with E-state index >= 15 is 0 Å². The zero-order valence-electron chi connectivity index (χ0n) is 27.0. The van der Waals surface area contributed by atoms with Crippen molar-refractivity contribution in [3.63, 3.8) is 0 Å². The number of rotatable bonds is 12. The second kappa shape index (κ2) is 13.8. The molecule has 4 heterocycles. The Morgan fingerprint density at radius 2 is 1.96 bits per heavy atom. The summed E-state index contributed by atoms with van der Waals surface area (Å²) in [5.74, 6) is -7.97. The number of hydrogen-bond donors (Lipinski definition) is 8. The van der Waals surface area contributed by atoms with E-state index in [1.54, 1.807) is 6.92 Å². The number of oxime groups is 1. The number of thiazole rings is 1. The molecular formula is C29H28N8O13S2. The predicted octanol–water partition coefficient (Wildman–Crippen LogP) is 0.417. The summed E-state index contributed by atoms with van der Waals surface area (Å²) in [6.45, 7) is 3.96. The minimum absolute atomic E-state index is 0.0502. The summed E-state index contributed by atoms with van der Waals surface area (Å²) in [6, 6.07) is -1.49. The Morgan fingerprint density at radius 1 is 1.27 bits per heavy atom. The number of aliphatic carboxylic acids is 2. The molecule has 0 radical (unpaired) electrons. The summed E-state index contributed by atoms with van der Waals surface area (Å²) in [5, 5.41) is 59.6. The average molecular weight is 761 g/mol. The molecule has 3 amide bonds. The molecule has 0 spiro atoms. The number of nitrogen functional groups attached to an aromatic ring is 1. The molecule has 21 nitrogen and oxygen atoms in total. The van der Waals surface area contributed by atoms with Crippen molar-refractivity contribution in [2.24, 2.45) is 5.16 Å². The summed E-state index contributed by atoms with van der Waals surface area (Å²) in [4.78, 5) is 101. The van der Waals surface area contributed by atoms with Crippen LogP contribution in [0.5, 0.6) is 11.5 Å². The number of aromatic nitrogens is 2. The van der Waals surface area contributed by atoms with E-state index in [1.807, 2.05) is 0 Å². The number of carbonyl (C=O) groups excluding carboxylic acids is 3. The number of H-pyrrole nitrogens is 1. The first kappa shape index (κ1) is 37.0. The molecule has 274 valence electrons. The summed E-state index contributed by atoms with van der Waals surface area (Å²) in [7, 11) is 0. The Labute approximate surface area is 298 Å². The number of nitrogens with one attached hydrogen (secondary N) is 3. The van der Waals surface area contributed by atoms with Gasteiger partial charge in [0.25, 0.3) is 17.7 Å². The zero-order chi connectivity index (χ0) is 38.4. The van der Waals surface area contributed by atoms with Crippen molar-refractivity contribution in [3.8, 4) is 11.5 Å². The normalized spacial score (nSPS) is 17.9. The molecule has 2 unspecified atom stereocenters. The van der Waals surface area contributed by atoms with Crippen molar-refractivity contribution in [3.05, 3.63) is 60.5 Å². The van der Waals surface area contributed by atoms with E-state index in [0.29, 0.717) is 0 Å². The smallest absolute Gasteiger partial charge is 0.352 e. The molecule has 3 atom stereocenters. The zero-order valence-corrected chi connectivity index (χ0v) is 28.7. The fraction of sp³-hybridized carbons (Fsp3) is 0.310. The van der Waals surface area contributed by atoms with Gasteiger partial charge in [-0.05, 0) is 25.8 Å². The summed E-state index contributed by atoms with van der Waals surface area (Å²) >= 11 is 2.00. The molecule has 1 fully saturated rings. The molecule has 0 bridgehead atoms. The number of phenolic OH excluding ortho intramolecular Hbond substituents is 2. The number of β-lactam (4-membered cyclic amide) rings is 1. The molecule has 52 heavy (non-hydrogen) atoms. The summed E-state index contributed by atoms with van der Waals surface area (Å²) < 4.78 is 0. The number of nitro groups is 1. The number of carbonyl (C=O) groups is 5. The standard InChI is InChI=1S/C29H28N8O13S2/c1-4-11(32-22(41)9-6-31-12-5-14(38)21(40)19(37(48)49)15(12)20(9)39)10-7-51-25-17(24(43)36(25)18(10)26(44)45)34-23(42)16(13-8-52-28(30)33-13)35-50-29(2,3)27(46)47/h5-6,8,11,17,25,38,40H,4,7H2,1-3H3,(H2,30,33)(H,31,39)(H,32,41)(H,34,42)(H,44,45)(H,46,47)/b35-16-/t11?,17?,25-/m0/s1. The van der Waals surface area contributed by atoms with E-state index in [-0.39, 0.29) is 34.1 Å². The maximum atomic E-state index is 13.4. The SMILES string of the molecule is CCC(NC(=O)c1c[nH]c2cc(O)c(O)c([N+](=O)[O-])c2c1=O)C1=C(C(=O)O)N2C(=O)C(NC(=O)/C(=N\OC(C)(C)C(=O)O)c3csc(N)n3)[C@@H]2SC1. The molecule has 2 aromatic heterocycles. The fourth-order valence-electron chi connectivity index (χ4n) is 5.28. The third kappa shape index (κ3) is 6.53. The second-order valence-electron chi connectivity index (χ2n) is 11.7. The number of fused-ring (bicyclic) bond motifs is 2. The number of hydrogen-bond acceptors (Lipinski definition) is 16. The van der Waals surface area contributed by atoms with Crippen LogP contribution in [0.3, 0.4) is 0 Å². The van der Waals surface area contributed by atoms with Gasteiger partial charge in [-0.25, -0.2) is 14.6 Å². The summed E-state index contributed by atoms with van der Waals surface area (Å²) in [6.07, 6.45) is 0.997. The first-order chi connectivity index (χ1) is 24.4. The highest BCUT2D eigenvalue weighted by molar-refractivity contribution is 8.00. The predicted molar refractivity (Wildman–Crippen MR) is 182 cm³/mol. The lowest BCUT2D eigenvalue weighted by molar-refractivity contribution is -0.384. The number of nitro benzene ring substituents is 1. The topological polar surface area (TPSA) is 330 Å². The number of aromatic amines is 1. The molecular weight excluding hydrogens is 732 g/mol. The minimum atomic E-state index is -1.86. The largest absolute Gasteiger partial charge is 0.504 e. The quantitative estimate of drug-likeness (QED) is 0.0407. The second-order valence-corrected chi connectivity index (χ2v) is 13.7. The van der Waals surface area contributed by atoms with Crippen LogP contribution in [0.2, 0.25) is 0 Å². The van der Waals surface area contributed by atoms with E-state index in [1.165, 1.54) is 19.2 Å². The van der Waals surface area contributed by atoms with E-state index in [0.717, 1.165) is 40.3 Å². The monoisotopic (exact) mass is 760 g/mol. The van der Waals surface area contributed by atoms with Gasteiger partial charge < -0.3 is 46.6 Å². The van der Waals surface area contributed by atoms with Gasteiger partial charge in [0, 0.05) is 23.4 Å². The average Bonchev–Trinajstić information content (AvgIpc) is 3.51. The molecule has 5 rings (SSSR count). The van der Waals surface area contributed by atoms with Crippen LogP contribution in [0.1, 0.15) is 43.2 Å². The van der Waals surface area contributed by atoms with Crippen LogP contribution in [-0.2, 0) is 24.0 Å². The van der Waals surface area contributed by atoms with Gasteiger partial charge in [0.2, 0.25) is 16.8 Å². The Balaban J connectivity index is 1.41. The van der Waals surface area contributed by atoms with Crippen LogP contribution in [0.25, 0.3) is 10.9 Å². The van der Waals surface area contributed by atoms with Crippen LogP contribution in [0.15, 0.2) is 38.9 Å². The van der Waals surface area contributed by atoms with Crippen molar-refractivity contribution in [1.82, 2.24) is 25.5 Å². The molecule has 9 N–H and O–H groups in total. The van der Waals surface area contributed by atoms with Crippen LogP contribution in [0.4, 0.5) is 10.8 Å². The van der Waals surface area contributed by atoms with Crippen LogP contribution in [0, 0.1) is 10.1 Å². The number of carboxylic acids is 2. The lowest BCUT2D eigenvalue weighted by atomic mass is 9.97. The van der Waals surface area contributed by atoms with E-state index in [4.69, 9.17) is 10.6 Å². The lowest BCUT2D eigenvalue weighted by Crippen LogP contribution is -2.71. The molecule has 1 saturated heterocycles. The summed E-state index contributed by atoms with van der Waals surface area (Å²) in [5.41, 5.74) is -0.323. The third-order valence-electron chi connectivity index (χ3n) is 8.01. The van der Waals surface area contributed by atoms with E-state index in [2.05, 4.69) is 25.8 Å². The highest BCUT2D eigenvalue weighted by Crippen LogP contribution is 2.42. The number of pyridine rings is 1. The Hall–Kier alpha value is -6.23. The van der Waals surface area contributed by atoms with Gasteiger partial charge in [0.15, 0.2) is 16.6 Å². The first-order valence-corrected chi connectivity index (χ1v) is 16.8. The Kier molecular flexibility index (Phi) is 9.85. The van der Waals surface area contributed by atoms with Gasteiger partial charge in [-0.2, -0.15) is 0 Å². The number of carboxylic acid groups (broad SMARTS) is 2. The number of nitrogens with zero attached hydrogens (tertiary/aromatic N) is 4. The number of nitrogens with two attached hydrogens (primary N) is 1. The van der Waals surface area contributed by atoms with Crippen LogP contribution < -0.4 is 21.8 Å². The minimum Gasteiger partial charge on any atom is -0.504 e. The van der Waals surface area contributed by atoms with Gasteiger partial charge in [0.05, 0.1) is 16.5 Å². The van der Waals surface area contributed by atoms with Gasteiger partial charge in [-0.1, -0.05) is 12.1 Å².